The minimum absolute atomic E-state index is 0.0795. The number of halogens is 1. The summed E-state index contributed by atoms with van der Waals surface area (Å²) in [6.07, 6.45) is 5.50. The number of nitrogens with one attached hydrogen (secondary N) is 1. The van der Waals surface area contributed by atoms with E-state index in [-0.39, 0.29) is 11.2 Å². The Morgan fingerprint density at radius 1 is 1.14 bits per heavy atom. The van der Waals surface area contributed by atoms with Crippen LogP contribution in [0.25, 0.3) is 33.3 Å². The van der Waals surface area contributed by atoms with Crippen LogP contribution in [0.1, 0.15) is 25.3 Å². The van der Waals surface area contributed by atoms with Gasteiger partial charge in [0.1, 0.15) is 17.2 Å². The molecule has 0 amide bonds. The van der Waals surface area contributed by atoms with Crippen molar-refractivity contribution in [2.45, 2.75) is 25.2 Å². The van der Waals surface area contributed by atoms with E-state index in [0.717, 1.165) is 65.0 Å². The maximum absolute atomic E-state index is 14.7. The Morgan fingerprint density at radius 2 is 2.03 bits per heavy atom. The number of nitrogens with two attached hydrogens (primary N) is 1. The van der Waals surface area contributed by atoms with E-state index in [4.69, 9.17) is 15.7 Å². The number of fused-ring (bicyclic) bond motifs is 3. The van der Waals surface area contributed by atoms with Crippen LogP contribution in [-0.2, 0) is 5.41 Å². The van der Waals surface area contributed by atoms with Crippen LogP contribution in [0, 0.1) is 17.7 Å². The van der Waals surface area contributed by atoms with E-state index in [2.05, 4.69) is 27.0 Å². The molecule has 3 N–H and O–H groups in total. The Morgan fingerprint density at radius 3 is 2.89 bits per heavy atom. The zero-order valence-corrected chi connectivity index (χ0v) is 19.9. The number of nitrogens with zero attached hydrogens (tertiary/aromatic N) is 5. The Labute approximate surface area is 207 Å². The Hall–Kier alpha value is -4.07. The van der Waals surface area contributed by atoms with Gasteiger partial charge in [-0.15, -0.1) is 0 Å². The number of aromatic nitrogens is 5. The predicted octanol–water partition coefficient (Wildman–Crippen LogP) is 5.09. The van der Waals surface area contributed by atoms with Crippen molar-refractivity contribution in [3.8, 4) is 11.3 Å². The van der Waals surface area contributed by atoms with Crippen molar-refractivity contribution in [3.63, 3.8) is 0 Å². The molecule has 0 radical (unpaired) electrons. The van der Waals surface area contributed by atoms with Gasteiger partial charge in [0.05, 0.1) is 17.4 Å². The zero-order valence-electron chi connectivity index (χ0n) is 19.9. The highest BCUT2D eigenvalue weighted by molar-refractivity contribution is 5.96. The summed E-state index contributed by atoms with van der Waals surface area (Å²) in [5.74, 6) is 1.66. The molecule has 3 aromatic heterocycles. The molecule has 1 aliphatic heterocycles. The first-order valence-electron chi connectivity index (χ1n) is 12.5. The number of pyridine rings is 1. The number of H-pyrrole nitrogens is 1. The van der Waals surface area contributed by atoms with Crippen LogP contribution in [0.5, 0.6) is 0 Å². The van der Waals surface area contributed by atoms with Crippen LogP contribution in [0.15, 0.2) is 60.9 Å². The summed E-state index contributed by atoms with van der Waals surface area (Å²) < 4.78 is 14.7. The van der Waals surface area contributed by atoms with E-state index in [0.29, 0.717) is 23.2 Å². The van der Waals surface area contributed by atoms with Crippen LogP contribution >= 0.6 is 0 Å². The topological polar surface area (TPSA) is 96.6 Å². The molecule has 180 valence electrons. The first-order chi connectivity index (χ1) is 17.6. The van der Waals surface area contributed by atoms with Crippen molar-refractivity contribution in [1.82, 2.24) is 25.1 Å². The van der Waals surface area contributed by atoms with Gasteiger partial charge in [-0.3, -0.25) is 10.1 Å². The lowest BCUT2D eigenvalue weighted by molar-refractivity contribution is 0.516. The van der Waals surface area contributed by atoms with Crippen molar-refractivity contribution in [2.75, 3.05) is 23.7 Å². The van der Waals surface area contributed by atoms with E-state index in [1.54, 1.807) is 24.4 Å². The molecule has 1 saturated carbocycles. The smallest absolute Gasteiger partial charge is 0.202 e. The number of hydrogen-bond donors (Lipinski definition) is 2. The summed E-state index contributed by atoms with van der Waals surface area (Å²) in [6, 6.07) is 15.0. The summed E-state index contributed by atoms with van der Waals surface area (Å²) in [5, 5.41) is 8.47. The van der Waals surface area contributed by atoms with Crippen LogP contribution in [0.3, 0.4) is 0 Å². The second kappa shape index (κ2) is 7.71. The molecule has 2 aliphatic rings. The number of nitrogen functional groups attached to an aromatic ring is 1. The van der Waals surface area contributed by atoms with Crippen molar-refractivity contribution in [2.24, 2.45) is 11.8 Å². The van der Waals surface area contributed by atoms with Crippen molar-refractivity contribution >= 4 is 33.6 Å². The highest BCUT2D eigenvalue weighted by Gasteiger charge is 2.65. The van der Waals surface area contributed by atoms with Gasteiger partial charge in [-0.25, -0.2) is 14.4 Å². The number of hydrogen-bond acceptors (Lipinski definition) is 6. The Balaban J connectivity index is 1.19. The molecule has 2 fully saturated rings. The van der Waals surface area contributed by atoms with E-state index < -0.39 is 0 Å². The Kier molecular flexibility index (Phi) is 4.55. The highest BCUT2D eigenvalue weighted by Crippen LogP contribution is 2.65. The third-order valence-electron chi connectivity index (χ3n) is 8.43. The van der Waals surface area contributed by atoms with E-state index >= 15 is 0 Å². The average Bonchev–Trinajstić information content (AvgIpc) is 3.36. The monoisotopic (exact) mass is 479 g/mol. The summed E-state index contributed by atoms with van der Waals surface area (Å²) >= 11 is 0. The lowest BCUT2D eigenvalue weighted by Gasteiger charge is -2.26. The van der Waals surface area contributed by atoms with Crippen LogP contribution in [0.4, 0.5) is 15.9 Å². The molecule has 2 aromatic carbocycles. The van der Waals surface area contributed by atoms with Gasteiger partial charge in [0.15, 0.2) is 0 Å². The van der Waals surface area contributed by atoms with Crippen molar-refractivity contribution in [3.05, 3.63) is 72.3 Å². The minimum atomic E-state index is -0.0863. The number of anilines is 2. The molecule has 8 heteroatoms. The fourth-order valence-electron chi connectivity index (χ4n) is 6.60. The van der Waals surface area contributed by atoms with E-state index in [1.807, 2.05) is 36.5 Å². The largest absolute Gasteiger partial charge is 0.398 e. The molecular formula is C28H26FN7. The van der Waals surface area contributed by atoms with Crippen molar-refractivity contribution < 1.29 is 4.39 Å². The Bertz CT molecular complexity index is 1630. The third kappa shape index (κ3) is 2.96. The molecular weight excluding hydrogens is 453 g/mol. The zero-order chi connectivity index (χ0) is 24.4. The number of rotatable bonds is 4. The standard InChI is InChI=1S/C28H26FN7/c1-2-28(19-5-3-4-6-21(19)29)18-10-12-36(15-20(18)28)24-14-32-26-25(34-35-27(26)33-24)16-7-8-23-17(13-16)22(30)9-11-31-23/h3-9,11,13-14,18,20H,2,10,12,15H2,1H3,(H2,30,31)(H,33,34,35)/t18-,20+,28-/m1/s1. The van der Waals surface area contributed by atoms with Gasteiger partial charge >= 0.3 is 0 Å². The molecule has 7 nitrogen and oxygen atoms in total. The molecule has 0 bridgehead atoms. The van der Waals surface area contributed by atoms with E-state index in [9.17, 15) is 4.39 Å². The lowest BCUT2D eigenvalue weighted by Crippen LogP contribution is -2.32. The first kappa shape index (κ1) is 21.2. The molecule has 5 aromatic rings. The number of benzene rings is 2. The van der Waals surface area contributed by atoms with E-state index in [1.165, 1.54) is 0 Å². The average molecular weight is 480 g/mol. The molecule has 7 rings (SSSR count). The van der Waals surface area contributed by atoms with Crippen molar-refractivity contribution in [1.29, 1.82) is 0 Å². The van der Waals surface area contributed by atoms with Crippen LogP contribution in [0.2, 0.25) is 0 Å². The molecule has 1 aliphatic carbocycles. The molecule has 0 unspecified atom stereocenters. The molecule has 3 atom stereocenters. The summed E-state index contributed by atoms with van der Waals surface area (Å²) in [5.41, 5.74) is 11.5. The van der Waals surface area contributed by atoms with Crippen LogP contribution in [-0.4, -0.2) is 38.2 Å². The number of piperidine rings is 1. The van der Waals surface area contributed by atoms with Gasteiger partial charge in [0.25, 0.3) is 0 Å². The minimum Gasteiger partial charge on any atom is -0.398 e. The second-order valence-corrected chi connectivity index (χ2v) is 9.95. The van der Waals surface area contributed by atoms with Gasteiger partial charge in [0, 0.05) is 41.3 Å². The maximum Gasteiger partial charge on any atom is 0.202 e. The second-order valence-electron chi connectivity index (χ2n) is 9.95. The molecule has 0 spiro atoms. The molecule has 1 saturated heterocycles. The first-order valence-corrected chi connectivity index (χ1v) is 12.5. The number of aromatic amines is 1. The third-order valence-corrected chi connectivity index (χ3v) is 8.43. The highest BCUT2D eigenvalue weighted by atomic mass is 19.1. The van der Waals surface area contributed by atoms with Gasteiger partial charge < -0.3 is 10.6 Å². The normalized spacial score (nSPS) is 23.2. The van der Waals surface area contributed by atoms with Gasteiger partial charge in [-0.2, -0.15) is 5.10 Å². The summed E-state index contributed by atoms with van der Waals surface area (Å²) in [7, 11) is 0. The predicted molar refractivity (Wildman–Crippen MR) is 139 cm³/mol. The SMILES string of the molecule is CC[C@]1(c2ccccc2F)[C@@H]2CCN(c3cnc4c(-c5ccc6nccc(N)c6c5)[nH]nc4n3)C[C@@H]21. The quantitative estimate of drug-likeness (QED) is 0.373. The summed E-state index contributed by atoms with van der Waals surface area (Å²) in [6.45, 7) is 3.91. The lowest BCUT2D eigenvalue weighted by atomic mass is 9.88. The fourth-order valence-corrected chi connectivity index (χ4v) is 6.60. The van der Waals surface area contributed by atoms with Gasteiger partial charge in [-0.05, 0) is 54.5 Å². The van der Waals surface area contributed by atoms with Gasteiger partial charge in [0.2, 0.25) is 5.65 Å². The fraction of sp³-hybridized carbons (Fsp3) is 0.286. The molecule has 36 heavy (non-hydrogen) atoms. The molecule has 4 heterocycles. The maximum atomic E-state index is 14.7. The van der Waals surface area contributed by atoms with Crippen LogP contribution < -0.4 is 10.6 Å². The van der Waals surface area contributed by atoms with Gasteiger partial charge in [-0.1, -0.05) is 31.2 Å². The summed E-state index contributed by atoms with van der Waals surface area (Å²) in [4.78, 5) is 16.3.